The second-order valence-electron chi connectivity index (χ2n) is 7.48. The second-order valence-corrected chi connectivity index (χ2v) is 17.5. The van der Waals surface area contributed by atoms with E-state index in [0.717, 1.165) is 6.42 Å². The predicted molar refractivity (Wildman–Crippen MR) is 131 cm³/mol. The van der Waals surface area contributed by atoms with Crippen LogP contribution in [0.3, 0.4) is 0 Å². The van der Waals surface area contributed by atoms with E-state index in [4.69, 9.17) is 0 Å². The number of hydrogen-bond donors (Lipinski definition) is 0. The molecule has 5 heteroatoms. The van der Waals surface area contributed by atoms with E-state index in [1.807, 2.05) is 12.2 Å². The Morgan fingerprint density at radius 1 is 0.742 bits per heavy atom. The Balaban J connectivity index is 0.000000546. The molecular weight excluding hydrogens is 531 g/mol. The van der Waals surface area contributed by atoms with Crippen LogP contribution in [0.2, 0.25) is 26.2 Å². The van der Waals surface area contributed by atoms with Gasteiger partial charge < -0.3 is 24.8 Å². The Morgan fingerprint density at radius 3 is 1.90 bits per heavy atom. The van der Waals surface area contributed by atoms with E-state index in [9.17, 15) is 0 Å². The van der Waals surface area contributed by atoms with Crippen molar-refractivity contribution in [2.45, 2.75) is 32.6 Å². The Bertz CT molecular complexity index is 1100. The van der Waals surface area contributed by atoms with E-state index in [1.54, 1.807) is 0 Å². The minimum absolute atomic E-state index is 0. The topological polar surface area (TPSA) is 0 Å². The molecule has 0 amide bonds. The van der Waals surface area contributed by atoms with E-state index in [0.29, 0.717) is 0 Å². The van der Waals surface area contributed by atoms with Crippen molar-refractivity contribution in [2.75, 3.05) is 0 Å². The maximum Gasteiger partial charge on any atom is 4.00 e. The van der Waals surface area contributed by atoms with Gasteiger partial charge in [-0.15, -0.1) is 40.1 Å². The SMILES string of the molecule is C[Si](C)[Si](C)C.[C-]1=CC=CC1.[Cl-].[Cl-].[Zr+4].c1ccc2c(c1)ccc1c3ccccc3[cH-]c21. The summed E-state index contributed by atoms with van der Waals surface area (Å²) in [6.45, 7) is 9.55. The maximum absolute atomic E-state index is 2.99. The van der Waals surface area contributed by atoms with Gasteiger partial charge in [-0.25, -0.2) is 12.2 Å². The zero-order valence-electron chi connectivity index (χ0n) is 18.5. The summed E-state index contributed by atoms with van der Waals surface area (Å²) in [5.74, 6) is 0. The van der Waals surface area contributed by atoms with E-state index in [1.165, 1.54) is 32.3 Å². The van der Waals surface area contributed by atoms with Crippen molar-refractivity contribution in [3.63, 3.8) is 0 Å². The van der Waals surface area contributed by atoms with Crippen LogP contribution in [0.5, 0.6) is 0 Å². The zero-order chi connectivity index (χ0) is 19.9. The zero-order valence-corrected chi connectivity index (χ0v) is 24.5. The van der Waals surface area contributed by atoms with E-state index in [2.05, 4.69) is 105 Å². The van der Waals surface area contributed by atoms with Crippen molar-refractivity contribution in [1.82, 2.24) is 0 Å². The van der Waals surface area contributed by atoms with Gasteiger partial charge in [0.2, 0.25) is 0 Å². The van der Waals surface area contributed by atoms with Crippen LogP contribution in [0.1, 0.15) is 6.42 Å². The summed E-state index contributed by atoms with van der Waals surface area (Å²) in [5, 5.41) is 8.08. The van der Waals surface area contributed by atoms with Crippen LogP contribution in [0.4, 0.5) is 0 Å². The summed E-state index contributed by atoms with van der Waals surface area (Å²) in [5.41, 5.74) is 0. The minimum atomic E-state index is 0. The first-order valence-corrected chi connectivity index (χ1v) is 15.9. The molecule has 1 aliphatic carbocycles. The molecule has 0 aromatic heterocycles. The molecule has 0 saturated heterocycles. The van der Waals surface area contributed by atoms with Gasteiger partial charge in [0.15, 0.2) is 0 Å². The van der Waals surface area contributed by atoms with Gasteiger partial charge in [0, 0.05) is 16.6 Å². The number of halogens is 2. The average molecular weight is 559 g/mol. The van der Waals surface area contributed by atoms with Crippen molar-refractivity contribution < 1.29 is 51.0 Å². The maximum atomic E-state index is 2.99. The first-order valence-electron chi connectivity index (χ1n) is 9.86. The van der Waals surface area contributed by atoms with Gasteiger partial charge in [0.25, 0.3) is 0 Å². The van der Waals surface area contributed by atoms with Crippen LogP contribution in [0.15, 0.2) is 85.0 Å². The number of fused-ring (bicyclic) bond motifs is 5. The van der Waals surface area contributed by atoms with Gasteiger partial charge in [-0.3, -0.25) is 6.08 Å². The van der Waals surface area contributed by atoms with Crippen molar-refractivity contribution >= 4 is 48.9 Å². The smallest absolute Gasteiger partial charge is 1.00 e. The summed E-state index contributed by atoms with van der Waals surface area (Å²) in [4.78, 5) is 0. The van der Waals surface area contributed by atoms with Crippen molar-refractivity contribution in [2.24, 2.45) is 0 Å². The van der Waals surface area contributed by atoms with Crippen LogP contribution in [0.25, 0.3) is 32.3 Å². The Hall–Kier alpha value is -0.833. The van der Waals surface area contributed by atoms with Crippen LogP contribution in [-0.4, -0.2) is 16.6 Å². The predicted octanol–water partition coefficient (Wildman–Crippen LogP) is 1.75. The molecule has 0 aliphatic heterocycles. The Kier molecular flexibility index (Phi) is 14.7. The quantitative estimate of drug-likeness (QED) is 0.247. The molecule has 0 fully saturated rings. The molecule has 0 bridgehead atoms. The van der Waals surface area contributed by atoms with Crippen LogP contribution < -0.4 is 24.8 Å². The molecule has 0 atom stereocenters. The minimum Gasteiger partial charge on any atom is -1.00 e. The molecule has 0 heterocycles. The van der Waals surface area contributed by atoms with Crippen LogP contribution in [0, 0.1) is 6.08 Å². The Morgan fingerprint density at radius 2 is 1.35 bits per heavy atom. The average Bonchev–Trinajstić information content (AvgIpc) is 3.40. The van der Waals surface area contributed by atoms with Crippen LogP contribution in [-0.2, 0) is 26.2 Å². The molecular formula is C26H28Cl2Si2Zr. The molecule has 1 aliphatic rings. The molecule has 31 heavy (non-hydrogen) atoms. The molecule has 0 spiro atoms. The summed E-state index contributed by atoms with van der Waals surface area (Å²) in [7, 11) is 0.300. The largest absolute Gasteiger partial charge is 4.00 e. The monoisotopic (exact) mass is 556 g/mol. The fourth-order valence-electron chi connectivity index (χ4n) is 3.05. The number of hydrogen-bond acceptors (Lipinski definition) is 0. The van der Waals surface area contributed by atoms with Crippen molar-refractivity contribution in [1.29, 1.82) is 0 Å². The second kappa shape index (κ2) is 15.1. The molecule has 0 saturated carbocycles. The molecule has 0 nitrogen and oxygen atoms in total. The summed E-state index contributed by atoms with van der Waals surface area (Å²) >= 11 is 0. The standard InChI is InChI=1S/C17H11.C5H5.C4H12Si2.2ClH.Zr/c1-3-7-14-12(5-1)9-10-16-15-8-4-2-6-13(15)11-17(14)16;1-2-4-5-3-1;1-5(2)6(3)4;;;/h1-11H;1-3H,4H2;1-4H3;2*1H;/q2*-1;;;;+4/p-2. The fourth-order valence-corrected chi connectivity index (χ4v) is 3.05. The summed E-state index contributed by atoms with van der Waals surface area (Å²) in [6.07, 6.45) is 10.0. The third kappa shape index (κ3) is 8.22. The fraction of sp³-hybridized carbons (Fsp3) is 0.192. The van der Waals surface area contributed by atoms with Gasteiger partial charge in [0.1, 0.15) is 0 Å². The molecule has 4 aromatic rings. The van der Waals surface area contributed by atoms with Gasteiger partial charge in [-0.1, -0.05) is 91.6 Å². The third-order valence-corrected chi connectivity index (χ3v) is 13.1. The van der Waals surface area contributed by atoms with Crippen LogP contribution >= 0.6 is 0 Å². The van der Waals surface area contributed by atoms with E-state index < -0.39 is 0 Å². The molecule has 158 valence electrons. The normalized spacial score (nSPS) is 11.3. The number of allylic oxidation sites excluding steroid dienone is 4. The number of benzene rings is 3. The Labute approximate surface area is 222 Å². The molecule has 5 rings (SSSR count). The van der Waals surface area contributed by atoms with Gasteiger partial charge in [0.05, 0.1) is 0 Å². The van der Waals surface area contributed by atoms with E-state index >= 15 is 0 Å². The molecule has 0 unspecified atom stereocenters. The van der Waals surface area contributed by atoms with E-state index in [-0.39, 0.29) is 67.6 Å². The summed E-state index contributed by atoms with van der Waals surface area (Å²) in [6, 6.07) is 23.9. The first-order chi connectivity index (χ1) is 13.6. The first kappa shape index (κ1) is 30.2. The van der Waals surface area contributed by atoms with Gasteiger partial charge in [-0.2, -0.15) is 6.08 Å². The molecule has 4 aromatic carbocycles. The summed E-state index contributed by atoms with van der Waals surface area (Å²) < 4.78 is 0. The van der Waals surface area contributed by atoms with Gasteiger partial charge >= 0.3 is 26.2 Å². The third-order valence-electron chi connectivity index (χ3n) is 5.11. The van der Waals surface area contributed by atoms with Crippen molar-refractivity contribution in [3.8, 4) is 0 Å². The molecule has 0 N–H and O–H groups in total. The molecule has 2 radical (unpaired) electrons. The van der Waals surface area contributed by atoms with Gasteiger partial charge in [-0.05, 0) is 0 Å². The number of rotatable bonds is 1. The van der Waals surface area contributed by atoms with Crippen molar-refractivity contribution in [3.05, 3.63) is 91.0 Å².